The minimum atomic E-state index is -0.703. The van der Waals surface area contributed by atoms with Crippen LogP contribution in [-0.4, -0.2) is 14.9 Å². The Morgan fingerprint density at radius 3 is 2.74 bits per heavy atom. The zero-order valence-corrected chi connectivity index (χ0v) is 9.28. The first-order valence-corrected chi connectivity index (χ1v) is 4.94. The van der Waals surface area contributed by atoms with Crippen molar-refractivity contribution in [3.63, 3.8) is 0 Å². The summed E-state index contributed by atoms with van der Waals surface area (Å²) in [5.41, 5.74) is -0.325. The number of nitro groups is 1. The number of hydrogen-bond acceptors (Lipinski definition) is 6. The van der Waals surface area contributed by atoms with Gasteiger partial charge in [-0.05, 0) is 6.07 Å². The first kappa shape index (κ1) is 12.4. The molecule has 1 heterocycles. The standard InChI is InChI=1S/C11H5FN4O3/c12-7-1-2-9(16(17)18)10(3-7)19-11-6-14-8(4-13)5-15-11/h1-3,5-6H. The van der Waals surface area contributed by atoms with Crippen molar-refractivity contribution >= 4 is 5.69 Å². The first-order chi connectivity index (χ1) is 9.10. The summed E-state index contributed by atoms with van der Waals surface area (Å²) in [4.78, 5) is 17.4. The highest BCUT2D eigenvalue weighted by molar-refractivity contribution is 5.47. The van der Waals surface area contributed by atoms with E-state index < -0.39 is 16.4 Å². The second-order valence-electron chi connectivity index (χ2n) is 3.32. The van der Waals surface area contributed by atoms with E-state index in [0.29, 0.717) is 0 Å². The van der Waals surface area contributed by atoms with Gasteiger partial charge in [-0.15, -0.1) is 0 Å². The molecule has 94 valence electrons. The van der Waals surface area contributed by atoms with Crippen LogP contribution in [0.1, 0.15) is 5.69 Å². The molecule has 2 rings (SSSR count). The van der Waals surface area contributed by atoms with E-state index in [1.165, 1.54) is 0 Å². The molecule has 0 aliphatic carbocycles. The van der Waals surface area contributed by atoms with Crippen molar-refractivity contribution in [3.8, 4) is 17.7 Å². The van der Waals surface area contributed by atoms with Crippen LogP contribution >= 0.6 is 0 Å². The summed E-state index contributed by atoms with van der Waals surface area (Å²) in [5, 5.41) is 19.3. The van der Waals surface area contributed by atoms with Gasteiger partial charge in [0.05, 0.1) is 17.3 Å². The summed E-state index contributed by atoms with van der Waals surface area (Å²) in [6, 6.07) is 4.57. The zero-order valence-electron chi connectivity index (χ0n) is 9.28. The smallest absolute Gasteiger partial charge is 0.311 e. The molecule has 0 saturated heterocycles. The van der Waals surface area contributed by atoms with E-state index in [0.717, 1.165) is 30.6 Å². The molecule has 1 aromatic heterocycles. The van der Waals surface area contributed by atoms with Crippen molar-refractivity contribution in [1.29, 1.82) is 5.26 Å². The Morgan fingerprint density at radius 1 is 1.37 bits per heavy atom. The average Bonchev–Trinajstić information content (AvgIpc) is 2.39. The van der Waals surface area contributed by atoms with Crippen LogP contribution in [0.5, 0.6) is 11.6 Å². The number of hydrogen-bond donors (Lipinski definition) is 0. The fourth-order valence-electron chi connectivity index (χ4n) is 1.26. The van der Waals surface area contributed by atoms with Gasteiger partial charge in [0.1, 0.15) is 11.9 Å². The molecule has 7 nitrogen and oxygen atoms in total. The third-order valence-electron chi connectivity index (χ3n) is 2.08. The van der Waals surface area contributed by atoms with Crippen molar-refractivity contribution in [3.05, 3.63) is 52.2 Å². The molecular formula is C11H5FN4O3. The van der Waals surface area contributed by atoms with Crippen molar-refractivity contribution in [2.75, 3.05) is 0 Å². The molecule has 0 aliphatic heterocycles. The molecule has 0 fully saturated rings. The Balaban J connectivity index is 2.34. The van der Waals surface area contributed by atoms with E-state index in [-0.39, 0.29) is 17.3 Å². The van der Waals surface area contributed by atoms with E-state index >= 15 is 0 Å². The number of nitriles is 1. The minimum absolute atomic E-state index is 0.0705. The number of nitro benzene ring substituents is 1. The Bertz CT molecular complexity index is 667. The number of aromatic nitrogens is 2. The van der Waals surface area contributed by atoms with Gasteiger partial charge >= 0.3 is 5.69 Å². The van der Waals surface area contributed by atoms with Crippen LogP contribution in [0.15, 0.2) is 30.6 Å². The molecule has 0 saturated carbocycles. The zero-order chi connectivity index (χ0) is 13.8. The quantitative estimate of drug-likeness (QED) is 0.619. The highest BCUT2D eigenvalue weighted by Crippen LogP contribution is 2.30. The monoisotopic (exact) mass is 260 g/mol. The summed E-state index contributed by atoms with van der Waals surface area (Å²) in [6.45, 7) is 0. The molecule has 0 atom stereocenters. The van der Waals surface area contributed by atoms with Crippen LogP contribution in [0.2, 0.25) is 0 Å². The maximum Gasteiger partial charge on any atom is 0.311 e. The fraction of sp³-hybridized carbons (Fsp3) is 0. The summed E-state index contributed by atoms with van der Waals surface area (Å²) >= 11 is 0. The van der Waals surface area contributed by atoms with Crippen molar-refractivity contribution in [2.45, 2.75) is 0 Å². The van der Waals surface area contributed by atoms with Gasteiger partial charge in [0.15, 0.2) is 5.69 Å². The SMILES string of the molecule is N#Cc1cnc(Oc2cc(F)ccc2[N+](=O)[O-])cn1. The lowest BCUT2D eigenvalue weighted by atomic mass is 10.3. The number of nitrogens with zero attached hydrogens (tertiary/aromatic N) is 4. The van der Waals surface area contributed by atoms with Crippen LogP contribution in [0.3, 0.4) is 0 Å². The summed E-state index contributed by atoms with van der Waals surface area (Å²) in [6.07, 6.45) is 2.26. The molecule has 0 aliphatic rings. The lowest BCUT2D eigenvalue weighted by Gasteiger charge is -2.04. The maximum atomic E-state index is 13.1. The van der Waals surface area contributed by atoms with Gasteiger partial charge in [-0.25, -0.2) is 14.4 Å². The third-order valence-corrected chi connectivity index (χ3v) is 2.08. The van der Waals surface area contributed by atoms with Crippen LogP contribution in [-0.2, 0) is 0 Å². The maximum absolute atomic E-state index is 13.1. The lowest BCUT2D eigenvalue weighted by Crippen LogP contribution is -1.96. The molecule has 0 spiro atoms. The minimum Gasteiger partial charge on any atom is -0.430 e. The largest absolute Gasteiger partial charge is 0.430 e. The molecule has 8 heteroatoms. The second kappa shape index (κ2) is 5.05. The highest BCUT2D eigenvalue weighted by Gasteiger charge is 2.17. The van der Waals surface area contributed by atoms with Gasteiger partial charge in [-0.2, -0.15) is 5.26 Å². The number of rotatable bonds is 3. The van der Waals surface area contributed by atoms with Crippen LogP contribution < -0.4 is 4.74 Å². The molecule has 0 unspecified atom stereocenters. The van der Waals surface area contributed by atoms with Crippen molar-refractivity contribution in [2.24, 2.45) is 0 Å². The van der Waals surface area contributed by atoms with Gasteiger partial charge in [0.25, 0.3) is 0 Å². The van der Waals surface area contributed by atoms with E-state index in [4.69, 9.17) is 10.00 Å². The lowest BCUT2D eigenvalue weighted by molar-refractivity contribution is -0.385. The Morgan fingerprint density at radius 2 is 2.16 bits per heavy atom. The topological polar surface area (TPSA) is 102 Å². The van der Waals surface area contributed by atoms with E-state index in [1.807, 2.05) is 0 Å². The molecule has 0 N–H and O–H groups in total. The van der Waals surface area contributed by atoms with Crippen molar-refractivity contribution < 1.29 is 14.1 Å². The van der Waals surface area contributed by atoms with E-state index in [2.05, 4.69) is 9.97 Å². The first-order valence-electron chi connectivity index (χ1n) is 4.94. The molecule has 2 aromatic rings. The summed E-state index contributed by atoms with van der Waals surface area (Å²) in [5.74, 6) is -1.04. The molecule has 0 bridgehead atoms. The molecule has 19 heavy (non-hydrogen) atoms. The molecule has 0 amide bonds. The molecule has 0 radical (unpaired) electrons. The Hall–Kier alpha value is -3.08. The molecular weight excluding hydrogens is 255 g/mol. The summed E-state index contributed by atoms with van der Waals surface area (Å²) in [7, 11) is 0. The van der Waals surface area contributed by atoms with E-state index in [9.17, 15) is 14.5 Å². The van der Waals surface area contributed by atoms with Crippen LogP contribution in [0.4, 0.5) is 10.1 Å². The van der Waals surface area contributed by atoms with Crippen LogP contribution in [0, 0.1) is 27.3 Å². The highest BCUT2D eigenvalue weighted by atomic mass is 19.1. The fourth-order valence-corrected chi connectivity index (χ4v) is 1.26. The second-order valence-corrected chi connectivity index (χ2v) is 3.32. The van der Waals surface area contributed by atoms with E-state index in [1.54, 1.807) is 6.07 Å². The Kier molecular flexibility index (Phi) is 3.29. The predicted octanol–water partition coefficient (Wildman–Crippen LogP) is 2.19. The normalized spacial score (nSPS) is 9.68. The molecule has 1 aromatic carbocycles. The van der Waals surface area contributed by atoms with Gasteiger partial charge in [-0.1, -0.05) is 0 Å². The number of benzene rings is 1. The van der Waals surface area contributed by atoms with Gasteiger partial charge in [0, 0.05) is 12.1 Å². The van der Waals surface area contributed by atoms with Gasteiger partial charge in [0.2, 0.25) is 11.6 Å². The number of ether oxygens (including phenoxy) is 1. The van der Waals surface area contributed by atoms with Gasteiger partial charge in [-0.3, -0.25) is 10.1 Å². The third kappa shape index (κ3) is 2.78. The predicted molar refractivity (Wildman–Crippen MR) is 59.9 cm³/mol. The summed E-state index contributed by atoms with van der Waals surface area (Å²) < 4.78 is 18.1. The average molecular weight is 260 g/mol. The van der Waals surface area contributed by atoms with Crippen molar-refractivity contribution in [1.82, 2.24) is 9.97 Å². The Labute approximate surface area is 106 Å². The van der Waals surface area contributed by atoms with Gasteiger partial charge < -0.3 is 4.74 Å². The van der Waals surface area contributed by atoms with Crippen LogP contribution in [0.25, 0.3) is 0 Å². The number of halogens is 1.